The molecule has 0 saturated heterocycles. The quantitative estimate of drug-likeness (QED) is 0.645. The SMILES string of the molecule is C#CCOc1c(Br)cc(/C=C/C(=O)O)cc1OCC. The Balaban J connectivity index is 3.13. The highest BCUT2D eigenvalue weighted by molar-refractivity contribution is 9.10. The molecule has 4 nitrogen and oxygen atoms in total. The minimum Gasteiger partial charge on any atom is -0.490 e. The lowest BCUT2D eigenvalue weighted by atomic mass is 10.2. The summed E-state index contributed by atoms with van der Waals surface area (Å²) in [7, 11) is 0. The van der Waals surface area contributed by atoms with E-state index < -0.39 is 5.97 Å². The van der Waals surface area contributed by atoms with Gasteiger partial charge in [-0.3, -0.25) is 0 Å². The summed E-state index contributed by atoms with van der Waals surface area (Å²) in [4.78, 5) is 10.5. The molecule has 0 unspecified atom stereocenters. The van der Waals surface area contributed by atoms with Crippen LogP contribution in [0.2, 0.25) is 0 Å². The van der Waals surface area contributed by atoms with E-state index in [0.29, 0.717) is 28.1 Å². The van der Waals surface area contributed by atoms with Gasteiger partial charge in [-0.05, 0) is 46.6 Å². The van der Waals surface area contributed by atoms with Crippen LogP contribution >= 0.6 is 15.9 Å². The van der Waals surface area contributed by atoms with Crippen molar-refractivity contribution in [3.05, 3.63) is 28.2 Å². The molecule has 0 spiro atoms. The molecule has 0 bridgehead atoms. The van der Waals surface area contributed by atoms with E-state index in [-0.39, 0.29) is 6.61 Å². The predicted octanol–water partition coefficient (Wildman–Crippen LogP) is 2.96. The Morgan fingerprint density at radius 3 is 2.84 bits per heavy atom. The molecule has 0 atom stereocenters. The lowest BCUT2D eigenvalue weighted by molar-refractivity contribution is -0.131. The van der Waals surface area contributed by atoms with Crippen LogP contribution in [0.4, 0.5) is 0 Å². The van der Waals surface area contributed by atoms with E-state index in [1.807, 2.05) is 6.92 Å². The normalized spacial score (nSPS) is 10.2. The third-order valence-electron chi connectivity index (χ3n) is 2.05. The summed E-state index contributed by atoms with van der Waals surface area (Å²) < 4.78 is 11.5. The molecule has 0 radical (unpaired) electrons. The van der Waals surface area contributed by atoms with Crippen LogP contribution < -0.4 is 9.47 Å². The molecule has 1 rings (SSSR count). The summed E-state index contributed by atoms with van der Waals surface area (Å²) >= 11 is 3.35. The molecule has 0 heterocycles. The number of rotatable bonds is 6. The largest absolute Gasteiger partial charge is 0.490 e. The van der Waals surface area contributed by atoms with Gasteiger partial charge in [-0.2, -0.15) is 0 Å². The Morgan fingerprint density at radius 2 is 2.26 bits per heavy atom. The van der Waals surface area contributed by atoms with Gasteiger partial charge in [0.1, 0.15) is 6.61 Å². The summed E-state index contributed by atoms with van der Waals surface area (Å²) in [5, 5.41) is 8.61. The van der Waals surface area contributed by atoms with E-state index in [4.69, 9.17) is 21.0 Å². The molecule has 0 saturated carbocycles. The summed E-state index contributed by atoms with van der Waals surface area (Å²) in [5.74, 6) is 2.38. The third kappa shape index (κ3) is 4.68. The Morgan fingerprint density at radius 1 is 1.53 bits per heavy atom. The highest BCUT2D eigenvalue weighted by Gasteiger charge is 2.11. The van der Waals surface area contributed by atoms with Crippen LogP contribution in [0.1, 0.15) is 12.5 Å². The van der Waals surface area contributed by atoms with Gasteiger partial charge in [0.2, 0.25) is 0 Å². The number of aliphatic carboxylic acids is 1. The Kier molecular flexibility index (Phi) is 5.97. The van der Waals surface area contributed by atoms with Crippen molar-refractivity contribution in [2.24, 2.45) is 0 Å². The number of halogens is 1. The monoisotopic (exact) mass is 324 g/mol. The van der Waals surface area contributed by atoms with Crippen LogP contribution in [0.15, 0.2) is 22.7 Å². The molecular weight excluding hydrogens is 312 g/mol. The second kappa shape index (κ2) is 7.49. The average molecular weight is 325 g/mol. The van der Waals surface area contributed by atoms with E-state index in [1.54, 1.807) is 12.1 Å². The summed E-state index contributed by atoms with van der Waals surface area (Å²) in [6, 6.07) is 3.42. The number of hydrogen-bond donors (Lipinski definition) is 1. The highest BCUT2D eigenvalue weighted by atomic mass is 79.9. The van der Waals surface area contributed by atoms with E-state index in [9.17, 15) is 4.79 Å². The third-order valence-corrected chi connectivity index (χ3v) is 2.64. The molecule has 0 amide bonds. The molecule has 0 aromatic heterocycles. The van der Waals surface area contributed by atoms with Gasteiger partial charge < -0.3 is 14.6 Å². The Bertz CT molecular complexity index is 529. The zero-order valence-electron chi connectivity index (χ0n) is 10.4. The molecule has 5 heteroatoms. The Hall–Kier alpha value is -1.93. The van der Waals surface area contributed by atoms with E-state index in [0.717, 1.165) is 6.08 Å². The first-order valence-electron chi connectivity index (χ1n) is 5.52. The molecule has 100 valence electrons. The van der Waals surface area contributed by atoms with Crippen molar-refractivity contribution in [3.63, 3.8) is 0 Å². The zero-order valence-corrected chi connectivity index (χ0v) is 11.9. The van der Waals surface area contributed by atoms with Crippen molar-refractivity contribution in [1.82, 2.24) is 0 Å². The summed E-state index contributed by atoms with van der Waals surface area (Å²) in [5.41, 5.74) is 0.686. The molecule has 0 aliphatic carbocycles. The average Bonchev–Trinajstić information content (AvgIpc) is 2.36. The fraction of sp³-hybridized carbons (Fsp3) is 0.214. The second-order valence-corrected chi connectivity index (χ2v) is 4.28. The molecule has 1 N–H and O–H groups in total. The van der Waals surface area contributed by atoms with Crippen LogP contribution in [0.5, 0.6) is 11.5 Å². The fourth-order valence-corrected chi connectivity index (χ4v) is 1.94. The molecule has 1 aromatic rings. The van der Waals surface area contributed by atoms with Gasteiger partial charge in [0.25, 0.3) is 0 Å². The number of carboxylic acid groups (broad SMARTS) is 1. The first-order chi connectivity index (χ1) is 9.08. The van der Waals surface area contributed by atoms with Crippen LogP contribution in [0.3, 0.4) is 0 Å². The minimum absolute atomic E-state index is 0.128. The number of carboxylic acids is 1. The predicted molar refractivity (Wildman–Crippen MR) is 76.3 cm³/mol. The van der Waals surface area contributed by atoms with Crippen molar-refractivity contribution in [3.8, 4) is 23.8 Å². The molecule has 1 aromatic carbocycles. The molecule has 0 fully saturated rings. The first-order valence-corrected chi connectivity index (χ1v) is 6.31. The van der Waals surface area contributed by atoms with Crippen LogP contribution in [0, 0.1) is 12.3 Å². The van der Waals surface area contributed by atoms with Gasteiger partial charge in [-0.25, -0.2) is 4.79 Å². The summed E-state index contributed by atoms with van der Waals surface area (Å²) in [6.07, 6.45) is 7.68. The van der Waals surface area contributed by atoms with Gasteiger partial charge in [0.15, 0.2) is 11.5 Å². The van der Waals surface area contributed by atoms with E-state index in [1.165, 1.54) is 6.08 Å². The van der Waals surface area contributed by atoms with Gasteiger partial charge in [0, 0.05) is 6.08 Å². The highest BCUT2D eigenvalue weighted by Crippen LogP contribution is 2.37. The van der Waals surface area contributed by atoms with E-state index in [2.05, 4.69) is 21.9 Å². The van der Waals surface area contributed by atoms with Crippen molar-refractivity contribution < 1.29 is 19.4 Å². The molecular formula is C14H13BrO4. The van der Waals surface area contributed by atoms with Gasteiger partial charge in [-0.15, -0.1) is 6.42 Å². The first kappa shape index (κ1) is 15.1. The summed E-state index contributed by atoms with van der Waals surface area (Å²) in [6.45, 7) is 2.44. The van der Waals surface area contributed by atoms with Crippen molar-refractivity contribution in [1.29, 1.82) is 0 Å². The number of benzene rings is 1. The van der Waals surface area contributed by atoms with Gasteiger partial charge in [-0.1, -0.05) is 5.92 Å². The maximum Gasteiger partial charge on any atom is 0.328 e. The van der Waals surface area contributed by atoms with E-state index >= 15 is 0 Å². The zero-order chi connectivity index (χ0) is 14.3. The van der Waals surface area contributed by atoms with Crippen molar-refractivity contribution in [2.75, 3.05) is 13.2 Å². The minimum atomic E-state index is -1.01. The van der Waals surface area contributed by atoms with Crippen LogP contribution in [0.25, 0.3) is 6.08 Å². The lowest BCUT2D eigenvalue weighted by Gasteiger charge is -2.13. The van der Waals surface area contributed by atoms with Crippen LogP contribution in [-0.4, -0.2) is 24.3 Å². The molecule has 19 heavy (non-hydrogen) atoms. The van der Waals surface area contributed by atoms with Crippen molar-refractivity contribution in [2.45, 2.75) is 6.92 Å². The smallest absolute Gasteiger partial charge is 0.328 e. The molecule has 0 aliphatic rings. The van der Waals surface area contributed by atoms with Gasteiger partial charge in [0.05, 0.1) is 11.1 Å². The Labute approximate surface area is 120 Å². The fourth-order valence-electron chi connectivity index (χ4n) is 1.37. The number of ether oxygens (including phenoxy) is 2. The van der Waals surface area contributed by atoms with Gasteiger partial charge >= 0.3 is 5.97 Å². The number of terminal acetylenes is 1. The maximum atomic E-state index is 10.5. The standard InChI is InChI=1S/C14H13BrO4/c1-3-7-19-14-11(15)8-10(5-6-13(16)17)9-12(14)18-4-2/h1,5-6,8-9H,4,7H2,2H3,(H,16,17)/b6-5+. The number of carbonyl (C=O) groups is 1. The topological polar surface area (TPSA) is 55.8 Å². The van der Waals surface area contributed by atoms with Crippen molar-refractivity contribution >= 4 is 28.0 Å². The molecule has 0 aliphatic heterocycles. The maximum absolute atomic E-state index is 10.5. The van der Waals surface area contributed by atoms with Crippen LogP contribution in [-0.2, 0) is 4.79 Å². The second-order valence-electron chi connectivity index (χ2n) is 3.43. The lowest BCUT2D eigenvalue weighted by Crippen LogP contribution is -2.00. The number of hydrogen-bond acceptors (Lipinski definition) is 3.